The van der Waals surface area contributed by atoms with Crippen molar-refractivity contribution in [3.63, 3.8) is 0 Å². The van der Waals surface area contributed by atoms with E-state index in [0.29, 0.717) is 12.5 Å². The molecule has 0 radical (unpaired) electrons. The first-order valence-electron chi connectivity index (χ1n) is 8.04. The van der Waals surface area contributed by atoms with Crippen LogP contribution in [0.5, 0.6) is 0 Å². The number of nitrogens with zero attached hydrogens (tertiary/aromatic N) is 1. The zero-order chi connectivity index (χ0) is 15.0. The van der Waals surface area contributed by atoms with Crippen molar-refractivity contribution in [2.75, 3.05) is 20.1 Å². The molecule has 0 aromatic carbocycles. The van der Waals surface area contributed by atoms with Crippen LogP contribution < -0.4 is 5.32 Å². The molecule has 1 saturated heterocycles. The summed E-state index contributed by atoms with van der Waals surface area (Å²) in [5.74, 6) is 3.54. The number of hydrogen-bond donors (Lipinski definition) is 1. The number of rotatable bonds is 4. The molecule has 3 rings (SSSR count). The Morgan fingerprint density at radius 1 is 1.52 bits per heavy atom. The van der Waals surface area contributed by atoms with Crippen LogP contribution in [0.25, 0.3) is 0 Å². The van der Waals surface area contributed by atoms with Crippen molar-refractivity contribution >= 4 is 5.91 Å². The largest absolute Gasteiger partial charge is 0.464 e. The van der Waals surface area contributed by atoms with Crippen LogP contribution in [-0.2, 0) is 11.3 Å². The van der Waals surface area contributed by atoms with Crippen LogP contribution in [0.15, 0.2) is 16.5 Å². The Bertz CT molecular complexity index is 517. The second-order valence-corrected chi connectivity index (χ2v) is 7.13. The Hall–Kier alpha value is -1.29. The molecule has 1 aromatic rings. The molecule has 2 heterocycles. The molecular weight excluding hydrogens is 264 g/mol. The Morgan fingerprint density at radius 3 is 2.90 bits per heavy atom. The number of amides is 1. The minimum Gasteiger partial charge on any atom is -0.464 e. The molecule has 3 atom stereocenters. The number of furan rings is 1. The highest BCUT2D eigenvalue weighted by molar-refractivity contribution is 5.82. The first-order valence-corrected chi connectivity index (χ1v) is 8.04. The van der Waals surface area contributed by atoms with Crippen LogP contribution in [0.1, 0.15) is 50.5 Å². The van der Waals surface area contributed by atoms with Crippen molar-refractivity contribution in [1.82, 2.24) is 10.2 Å². The molecule has 116 valence electrons. The van der Waals surface area contributed by atoms with E-state index < -0.39 is 0 Å². The van der Waals surface area contributed by atoms with Gasteiger partial charge in [-0.3, -0.25) is 4.79 Å². The SMILES string of the molecule is CC1CC1c1ccc(CN(C)C(=O)C2(C)CCCNC2)o1. The van der Waals surface area contributed by atoms with Crippen molar-refractivity contribution in [2.24, 2.45) is 11.3 Å². The molecular formula is C17H26N2O2. The van der Waals surface area contributed by atoms with Gasteiger partial charge in [-0.25, -0.2) is 0 Å². The lowest BCUT2D eigenvalue weighted by Gasteiger charge is -2.35. The lowest BCUT2D eigenvalue weighted by molar-refractivity contribution is -0.141. The summed E-state index contributed by atoms with van der Waals surface area (Å²) < 4.78 is 5.91. The van der Waals surface area contributed by atoms with Gasteiger partial charge in [0.05, 0.1) is 12.0 Å². The van der Waals surface area contributed by atoms with E-state index in [9.17, 15) is 4.79 Å². The van der Waals surface area contributed by atoms with Crippen LogP contribution in [0.4, 0.5) is 0 Å². The van der Waals surface area contributed by atoms with Gasteiger partial charge in [-0.05, 0) is 50.8 Å². The van der Waals surface area contributed by atoms with Crippen molar-refractivity contribution in [2.45, 2.75) is 45.6 Å². The summed E-state index contributed by atoms with van der Waals surface area (Å²) in [6.45, 7) is 6.68. The van der Waals surface area contributed by atoms with E-state index in [-0.39, 0.29) is 11.3 Å². The predicted molar refractivity (Wildman–Crippen MR) is 81.9 cm³/mol. The van der Waals surface area contributed by atoms with E-state index in [1.807, 2.05) is 18.0 Å². The van der Waals surface area contributed by atoms with Gasteiger partial charge in [0.25, 0.3) is 0 Å². The molecule has 1 N–H and O–H groups in total. The van der Waals surface area contributed by atoms with E-state index in [1.165, 1.54) is 6.42 Å². The maximum absolute atomic E-state index is 12.7. The third-order valence-corrected chi connectivity index (χ3v) is 5.01. The number of carbonyl (C=O) groups excluding carboxylic acids is 1. The van der Waals surface area contributed by atoms with Gasteiger partial charge >= 0.3 is 0 Å². The second-order valence-electron chi connectivity index (χ2n) is 7.13. The Balaban J connectivity index is 1.61. The number of hydrogen-bond acceptors (Lipinski definition) is 3. The first kappa shape index (κ1) is 14.6. The molecule has 1 saturated carbocycles. The minimum absolute atomic E-state index is 0.215. The monoisotopic (exact) mass is 290 g/mol. The lowest BCUT2D eigenvalue weighted by atomic mass is 9.81. The summed E-state index contributed by atoms with van der Waals surface area (Å²) in [4.78, 5) is 14.5. The third kappa shape index (κ3) is 3.00. The molecule has 2 fully saturated rings. The van der Waals surface area contributed by atoms with Crippen molar-refractivity contribution in [1.29, 1.82) is 0 Å². The average molecular weight is 290 g/mol. The van der Waals surface area contributed by atoms with E-state index in [4.69, 9.17) is 4.42 Å². The minimum atomic E-state index is -0.270. The molecule has 1 amide bonds. The standard InChI is InChI=1S/C17H26N2O2/c1-12-9-14(12)15-6-5-13(21-15)10-19(3)16(20)17(2)7-4-8-18-11-17/h5-6,12,14,18H,4,7-11H2,1-3H3. The van der Waals surface area contributed by atoms with Gasteiger partial charge in [-0.1, -0.05) is 6.92 Å². The number of carbonyl (C=O) groups is 1. The van der Waals surface area contributed by atoms with Crippen molar-refractivity contribution in [3.8, 4) is 0 Å². The Kier molecular flexibility index (Phi) is 3.82. The summed E-state index contributed by atoms with van der Waals surface area (Å²) in [5.41, 5.74) is -0.270. The fourth-order valence-corrected chi connectivity index (χ4v) is 3.40. The molecule has 4 heteroatoms. The molecule has 0 bridgehead atoms. The summed E-state index contributed by atoms with van der Waals surface area (Å²) >= 11 is 0. The van der Waals surface area contributed by atoms with Gasteiger partial charge < -0.3 is 14.6 Å². The van der Waals surface area contributed by atoms with Gasteiger partial charge in [0.1, 0.15) is 11.5 Å². The van der Waals surface area contributed by atoms with Gasteiger partial charge in [0.15, 0.2) is 0 Å². The maximum atomic E-state index is 12.7. The summed E-state index contributed by atoms with van der Waals surface area (Å²) in [7, 11) is 1.88. The quantitative estimate of drug-likeness (QED) is 0.927. The fourth-order valence-electron chi connectivity index (χ4n) is 3.40. The smallest absolute Gasteiger partial charge is 0.229 e. The summed E-state index contributed by atoms with van der Waals surface area (Å²) in [5, 5.41) is 3.34. The van der Waals surface area contributed by atoms with Crippen LogP contribution >= 0.6 is 0 Å². The molecule has 1 aliphatic heterocycles. The highest BCUT2D eigenvalue weighted by Crippen LogP contribution is 2.47. The van der Waals surface area contributed by atoms with Crippen LogP contribution in [0.3, 0.4) is 0 Å². The number of piperidine rings is 1. The number of nitrogens with one attached hydrogen (secondary N) is 1. The third-order valence-electron chi connectivity index (χ3n) is 5.01. The van der Waals surface area contributed by atoms with Gasteiger partial charge in [0.2, 0.25) is 5.91 Å². The van der Waals surface area contributed by atoms with Crippen molar-refractivity contribution in [3.05, 3.63) is 23.7 Å². The molecule has 3 unspecified atom stereocenters. The molecule has 1 aromatic heterocycles. The van der Waals surface area contributed by atoms with E-state index in [2.05, 4.69) is 25.2 Å². The zero-order valence-corrected chi connectivity index (χ0v) is 13.3. The molecule has 2 aliphatic rings. The highest BCUT2D eigenvalue weighted by Gasteiger charge is 2.38. The van der Waals surface area contributed by atoms with Crippen LogP contribution in [0.2, 0.25) is 0 Å². The van der Waals surface area contributed by atoms with E-state index in [1.54, 1.807) is 0 Å². The topological polar surface area (TPSA) is 45.5 Å². The highest BCUT2D eigenvalue weighted by atomic mass is 16.3. The molecule has 4 nitrogen and oxygen atoms in total. The Morgan fingerprint density at radius 2 is 2.29 bits per heavy atom. The maximum Gasteiger partial charge on any atom is 0.229 e. The van der Waals surface area contributed by atoms with Crippen molar-refractivity contribution < 1.29 is 9.21 Å². The van der Waals surface area contributed by atoms with Crippen LogP contribution in [0, 0.1) is 11.3 Å². The molecule has 1 aliphatic carbocycles. The van der Waals surface area contributed by atoms with Gasteiger partial charge in [-0.15, -0.1) is 0 Å². The van der Waals surface area contributed by atoms with Crippen LogP contribution in [-0.4, -0.2) is 30.9 Å². The fraction of sp³-hybridized carbons (Fsp3) is 0.706. The lowest BCUT2D eigenvalue weighted by Crippen LogP contribution is -2.48. The predicted octanol–water partition coefficient (Wildman–Crippen LogP) is 2.75. The summed E-state index contributed by atoms with van der Waals surface area (Å²) in [6, 6.07) is 4.09. The Labute approximate surface area is 126 Å². The zero-order valence-electron chi connectivity index (χ0n) is 13.3. The van der Waals surface area contributed by atoms with E-state index >= 15 is 0 Å². The second kappa shape index (κ2) is 5.48. The molecule has 21 heavy (non-hydrogen) atoms. The molecule has 0 spiro atoms. The summed E-state index contributed by atoms with van der Waals surface area (Å²) in [6.07, 6.45) is 3.26. The van der Waals surface area contributed by atoms with Gasteiger partial charge in [-0.2, -0.15) is 0 Å². The normalized spacial score (nSPS) is 32.0. The average Bonchev–Trinajstić information content (AvgIpc) is 3.01. The van der Waals surface area contributed by atoms with Gasteiger partial charge in [0, 0.05) is 19.5 Å². The first-order chi connectivity index (χ1) is 9.99. The van der Waals surface area contributed by atoms with E-state index in [0.717, 1.165) is 43.4 Å².